The molecule has 1 amide bonds. The molecule has 4 heteroatoms. The van der Waals surface area contributed by atoms with Crippen molar-refractivity contribution in [3.8, 4) is 0 Å². The molecule has 1 heterocycles. The molecular formula is C12H17N3O. The molecule has 0 aromatic heterocycles. The summed E-state index contributed by atoms with van der Waals surface area (Å²) in [7, 11) is 3.57. The summed E-state index contributed by atoms with van der Waals surface area (Å²) in [5.74, 6) is 0.152. The van der Waals surface area contributed by atoms with Gasteiger partial charge in [0.05, 0.1) is 17.4 Å². The minimum absolute atomic E-state index is 0.152. The molecule has 0 radical (unpaired) electrons. The van der Waals surface area contributed by atoms with Gasteiger partial charge in [-0.1, -0.05) is 12.1 Å². The van der Waals surface area contributed by atoms with Gasteiger partial charge < -0.3 is 15.5 Å². The number of rotatable bonds is 2. The highest BCUT2D eigenvalue weighted by molar-refractivity contribution is 5.78. The highest BCUT2D eigenvalue weighted by Crippen LogP contribution is 2.25. The van der Waals surface area contributed by atoms with Crippen molar-refractivity contribution in [1.82, 2.24) is 4.90 Å². The average Bonchev–Trinajstić information content (AvgIpc) is 2.28. The number of nitrogens with one attached hydrogen (secondary N) is 2. The number of nitrogens with zero attached hydrogens (tertiary/aromatic N) is 1. The summed E-state index contributed by atoms with van der Waals surface area (Å²) in [6, 6.07) is 8.22. The maximum Gasteiger partial charge on any atom is 0.224 e. The fraction of sp³-hybridized carbons (Fsp3) is 0.417. The molecule has 16 heavy (non-hydrogen) atoms. The van der Waals surface area contributed by atoms with E-state index < -0.39 is 0 Å². The second kappa shape index (κ2) is 4.43. The molecular weight excluding hydrogens is 202 g/mol. The molecule has 0 unspecified atom stereocenters. The number of anilines is 2. The zero-order chi connectivity index (χ0) is 11.5. The van der Waals surface area contributed by atoms with Gasteiger partial charge in [0.1, 0.15) is 0 Å². The Bertz CT molecular complexity index is 390. The van der Waals surface area contributed by atoms with Crippen molar-refractivity contribution < 1.29 is 4.79 Å². The third-order valence-corrected chi connectivity index (χ3v) is 2.75. The molecule has 0 fully saturated rings. The lowest BCUT2D eigenvalue weighted by Gasteiger charge is -2.28. The highest BCUT2D eigenvalue weighted by Gasteiger charge is 2.19. The van der Waals surface area contributed by atoms with Crippen LogP contribution >= 0.6 is 0 Å². The minimum Gasteiger partial charge on any atom is -0.381 e. The number of carbonyl (C=O) groups is 1. The van der Waals surface area contributed by atoms with Gasteiger partial charge in [-0.05, 0) is 12.1 Å². The van der Waals surface area contributed by atoms with Gasteiger partial charge in [-0.2, -0.15) is 0 Å². The molecule has 1 atom stereocenters. The van der Waals surface area contributed by atoms with Gasteiger partial charge in [0, 0.05) is 27.1 Å². The smallest absolute Gasteiger partial charge is 0.224 e. The fourth-order valence-electron chi connectivity index (χ4n) is 1.78. The van der Waals surface area contributed by atoms with Crippen LogP contribution in [-0.4, -0.2) is 37.5 Å². The summed E-state index contributed by atoms with van der Waals surface area (Å²) >= 11 is 0. The normalized spacial score (nSPS) is 18.0. The van der Waals surface area contributed by atoms with E-state index >= 15 is 0 Å². The van der Waals surface area contributed by atoms with E-state index in [4.69, 9.17) is 0 Å². The second-order valence-electron chi connectivity index (χ2n) is 4.26. The topological polar surface area (TPSA) is 44.4 Å². The van der Waals surface area contributed by atoms with Crippen LogP contribution in [0.5, 0.6) is 0 Å². The van der Waals surface area contributed by atoms with Crippen LogP contribution in [0.1, 0.15) is 6.42 Å². The molecule has 1 aliphatic rings. The number of hydrogen-bond donors (Lipinski definition) is 2. The van der Waals surface area contributed by atoms with E-state index in [-0.39, 0.29) is 11.9 Å². The minimum atomic E-state index is 0.152. The Morgan fingerprint density at radius 2 is 2.06 bits per heavy atom. The van der Waals surface area contributed by atoms with Crippen LogP contribution in [-0.2, 0) is 4.79 Å². The molecule has 0 aliphatic carbocycles. The lowest BCUT2D eigenvalue weighted by Crippen LogP contribution is -2.37. The molecule has 0 saturated heterocycles. The van der Waals surface area contributed by atoms with Crippen LogP contribution in [0, 0.1) is 0 Å². The van der Waals surface area contributed by atoms with Crippen LogP contribution in [0.2, 0.25) is 0 Å². The fourth-order valence-corrected chi connectivity index (χ4v) is 1.78. The van der Waals surface area contributed by atoms with Crippen molar-refractivity contribution >= 4 is 17.3 Å². The van der Waals surface area contributed by atoms with Gasteiger partial charge in [-0.25, -0.2) is 0 Å². The second-order valence-corrected chi connectivity index (χ2v) is 4.26. The molecule has 1 aromatic carbocycles. The number of benzene rings is 1. The Labute approximate surface area is 95.6 Å². The lowest BCUT2D eigenvalue weighted by atomic mass is 10.1. The van der Waals surface area contributed by atoms with Crippen molar-refractivity contribution in [1.29, 1.82) is 0 Å². The Balaban J connectivity index is 2.00. The Kier molecular flexibility index (Phi) is 2.99. The van der Waals surface area contributed by atoms with Gasteiger partial charge in [0.15, 0.2) is 0 Å². The van der Waals surface area contributed by atoms with Crippen LogP contribution in [0.15, 0.2) is 24.3 Å². The summed E-state index contributed by atoms with van der Waals surface area (Å²) in [6.07, 6.45) is 0.522. The lowest BCUT2D eigenvalue weighted by molar-refractivity contribution is -0.128. The number of hydrogen-bond acceptors (Lipinski definition) is 3. The van der Waals surface area contributed by atoms with Gasteiger partial charge in [-0.15, -0.1) is 0 Å². The monoisotopic (exact) mass is 219 g/mol. The first-order valence-electron chi connectivity index (χ1n) is 5.46. The van der Waals surface area contributed by atoms with Crippen molar-refractivity contribution in [3.05, 3.63) is 24.3 Å². The van der Waals surface area contributed by atoms with Crippen molar-refractivity contribution in [2.75, 3.05) is 31.3 Å². The summed E-state index contributed by atoms with van der Waals surface area (Å²) in [5.41, 5.74) is 2.18. The molecule has 1 aromatic rings. The van der Waals surface area contributed by atoms with Crippen LogP contribution in [0.25, 0.3) is 0 Å². The summed E-state index contributed by atoms with van der Waals surface area (Å²) in [5, 5.41) is 6.70. The molecule has 0 saturated carbocycles. The quantitative estimate of drug-likeness (QED) is 0.789. The molecule has 1 aliphatic heterocycles. The number of amides is 1. The number of carbonyl (C=O) groups excluding carboxylic acids is 1. The molecule has 2 rings (SSSR count). The number of para-hydroxylation sites is 2. The van der Waals surface area contributed by atoms with E-state index in [1.54, 1.807) is 19.0 Å². The summed E-state index contributed by atoms with van der Waals surface area (Å²) in [4.78, 5) is 13.2. The molecule has 2 N–H and O–H groups in total. The van der Waals surface area contributed by atoms with Crippen molar-refractivity contribution in [3.63, 3.8) is 0 Å². The Morgan fingerprint density at radius 3 is 2.75 bits per heavy atom. The Morgan fingerprint density at radius 1 is 1.38 bits per heavy atom. The average molecular weight is 219 g/mol. The predicted octanol–water partition coefficient (Wildman–Crippen LogP) is 1.37. The van der Waals surface area contributed by atoms with E-state index in [9.17, 15) is 4.79 Å². The summed E-state index contributed by atoms with van der Waals surface area (Å²) < 4.78 is 0. The largest absolute Gasteiger partial charge is 0.381 e. The first kappa shape index (κ1) is 10.8. The van der Waals surface area contributed by atoms with Gasteiger partial charge in [0.25, 0.3) is 0 Å². The van der Waals surface area contributed by atoms with Gasteiger partial charge in [0.2, 0.25) is 5.91 Å². The van der Waals surface area contributed by atoms with E-state index in [1.165, 1.54) is 0 Å². The van der Waals surface area contributed by atoms with Crippen LogP contribution < -0.4 is 10.6 Å². The highest BCUT2D eigenvalue weighted by atomic mass is 16.2. The van der Waals surface area contributed by atoms with E-state index in [1.807, 2.05) is 24.3 Å². The SMILES string of the molecule is CN(C)C(=O)C[C@@H]1CNc2ccccc2N1. The maximum absolute atomic E-state index is 11.6. The molecule has 0 spiro atoms. The first-order chi connectivity index (χ1) is 7.66. The van der Waals surface area contributed by atoms with Gasteiger partial charge in [-0.3, -0.25) is 4.79 Å². The van der Waals surface area contributed by atoms with Crippen LogP contribution in [0.4, 0.5) is 11.4 Å². The number of fused-ring (bicyclic) bond motifs is 1. The third-order valence-electron chi connectivity index (χ3n) is 2.75. The van der Waals surface area contributed by atoms with Crippen molar-refractivity contribution in [2.24, 2.45) is 0 Å². The van der Waals surface area contributed by atoms with Gasteiger partial charge >= 0.3 is 0 Å². The van der Waals surface area contributed by atoms with E-state index in [2.05, 4.69) is 10.6 Å². The van der Waals surface area contributed by atoms with E-state index in [0.29, 0.717) is 6.42 Å². The predicted molar refractivity (Wildman–Crippen MR) is 65.7 cm³/mol. The Hall–Kier alpha value is -1.71. The first-order valence-corrected chi connectivity index (χ1v) is 5.46. The zero-order valence-electron chi connectivity index (χ0n) is 9.66. The maximum atomic E-state index is 11.6. The van der Waals surface area contributed by atoms with Crippen LogP contribution in [0.3, 0.4) is 0 Å². The zero-order valence-corrected chi connectivity index (χ0v) is 9.66. The molecule has 0 bridgehead atoms. The standard InChI is InChI=1S/C12H17N3O/c1-15(2)12(16)7-9-8-13-10-5-3-4-6-11(10)14-9/h3-6,9,13-14H,7-8H2,1-2H3/t9-/m1/s1. The molecule has 86 valence electrons. The third kappa shape index (κ3) is 2.27. The van der Waals surface area contributed by atoms with Crippen molar-refractivity contribution in [2.45, 2.75) is 12.5 Å². The molecule has 4 nitrogen and oxygen atoms in total. The van der Waals surface area contributed by atoms with E-state index in [0.717, 1.165) is 17.9 Å². The summed E-state index contributed by atoms with van der Waals surface area (Å²) in [6.45, 7) is 0.788.